The van der Waals surface area contributed by atoms with Gasteiger partial charge in [-0.05, 0) is 32.4 Å². The van der Waals surface area contributed by atoms with Crippen molar-refractivity contribution in [2.24, 2.45) is 5.73 Å². The average molecular weight is 274 g/mol. The molecule has 20 heavy (non-hydrogen) atoms. The number of amides is 1. The molecule has 7 heteroatoms. The number of carbonyl (C=O) groups is 1. The molecule has 0 atom stereocenters. The highest BCUT2D eigenvalue weighted by Crippen LogP contribution is 2.17. The molecule has 2 rings (SSSR count). The molecule has 7 nitrogen and oxygen atoms in total. The molecular formula is C13H18N6O. The Morgan fingerprint density at radius 3 is 2.95 bits per heavy atom. The van der Waals surface area contributed by atoms with Gasteiger partial charge in [-0.3, -0.25) is 4.79 Å². The molecule has 106 valence electrons. The first-order valence-electron chi connectivity index (χ1n) is 6.34. The lowest BCUT2D eigenvalue weighted by atomic mass is 10.00. The quantitative estimate of drug-likeness (QED) is 0.851. The molecule has 0 unspecified atom stereocenters. The molecule has 0 aromatic carbocycles. The molecular weight excluding hydrogens is 256 g/mol. The Morgan fingerprint density at radius 2 is 2.30 bits per heavy atom. The number of nitrogens with zero attached hydrogens (tertiary/aromatic N) is 4. The summed E-state index contributed by atoms with van der Waals surface area (Å²) in [6.45, 7) is 3.79. The van der Waals surface area contributed by atoms with Gasteiger partial charge in [0.1, 0.15) is 12.7 Å². The molecule has 0 radical (unpaired) electrons. The Hall–Kier alpha value is -2.28. The molecule has 3 N–H and O–H groups in total. The number of aromatic nitrogens is 4. The van der Waals surface area contributed by atoms with Gasteiger partial charge in [-0.2, -0.15) is 5.10 Å². The normalized spacial score (nSPS) is 11.3. The molecule has 0 bridgehead atoms. The predicted octanol–water partition coefficient (Wildman–Crippen LogP) is 1.12. The summed E-state index contributed by atoms with van der Waals surface area (Å²) < 4.78 is 1.50. The molecule has 1 amide bonds. The molecule has 2 heterocycles. The van der Waals surface area contributed by atoms with Crippen molar-refractivity contribution >= 4 is 11.6 Å². The van der Waals surface area contributed by atoms with Gasteiger partial charge in [0.05, 0.1) is 5.69 Å². The monoisotopic (exact) mass is 274 g/mol. The minimum Gasteiger partial charge on any atom is -0.326 e. The fourth-order valence-electron chi connectivity index (χ4n) is 1.64. The Balaban J connectivity index is 2.08. The highest BCUT2D eigenvalue weighted by atomic mass is 16.1. The fourth-order valence-corrected chi connectivity index (χ4v) is 1.64. The summed E-state index contributed by atoms with van der Waals surface area (Å²) in [7, 11) is 0. The van der Waals surface area contributed by atoms with E-state index in [9.17, 15) is 4.79 Å². The maximum Gasteiger partial charge on any atom is 0.224 e. The van der Waals surface area contributed by atoms with E-state index in [1.165, 1.54) is 17.3 Å². The summed E-state index contributed by atoms with van der Waals surface area (Å²) in [5.41, 5.74) is 6.10. The molecule has 0 spiro atoms. The zero-order valence-electron chi connectivity index (χ0n) is 11.6. The maximum absolute atomic E-state index is 11.9. The van der Waals surface area contributed by atoms with Gasteiger partial charge in [0.15, 0.2) is 5.82 Å². The predicted molar refractivity (Wildman–Crippen MR) is 75.3 cm³/mol. The van der Waals surface area contributed by atoms with Crippen LogP contribution >= 0.6 is 0 Å². The van der Waals surface area contributed by atoms with Crippen LogP contribution in [0, 0.1) is 0 Å². The lowest BCUT2D eigenvalue weighted by Crippen LogP contribution is -2.33. The number of hydrogen-bond donors (Lipinski definition) is 2. The number of nitrogens with two attached hydrogens (primary N) is 1. The fraction of sp³-hybridized carbons (Fsp3) is 0.385. The van der Waals surface area contributed by atoms with Crippen molar-refractivity contribution in [2.75, 3.05) is 5.32 Å². The first kappa shape index (κ1) is 14.1. The van der Waals surface area contributed by atoms with Crippen LogP contribution in [0.25, 0.3) is 5.82 Å². The highest BCUT2D eigenvalue weighted by molar-refractivity contribution is 5.92. The zero-order valence-corrected chi connectivity index (χ0v) is 11.6. The van der Waals surface area contributed by atoms with Crippen LogP contribution in [0.15, 0.2) is 31.0 Å². The van der Waals surface area contributed by atoms with Crippen LogP contribution < -0.4 is 11.1 Å². The summed E-state index contributed by atoms with van der Waals surface area (Å²) in [5, 5.41) is 6.84. The molecule has 0 fully saturated rings. The van der Waals surface area contributed by atoms with E-state index in [0.29, 0.717) is 24.3 Å². The van der Waals surface area contributed by atoms with Gasteiger partial charge in [0.25, 0.3) is 0 Å². The third kappa shape index (κ3) is 3.86. The van der Waals surface area contributed by atoms with Crippen LogP contribution in [0.3, 0.4) is 0 Å². The van der Waals surface area contributed by atoms with E-state index in [1.54, 1.807) is 18.3 Å². The number of rotatable bonds is 5. The lowest BCUT2D eigenvalue weighted by Gasteiger charge is -2.17. The topological polar surface area (TPSA) is 98.7 Å². The number of carbonyl (C=O) groups excluding carboxylic acids is 1. The van der Waals surface area contributed by atoms with E-state index in [0.717, 1.165) is 0 Å². The summed E-state index contributed by atoms with van der Waals surface area (Å²) in [6.07, 6.45) is 5.54. The lowest BCUT2D eigenvalue weighted by molar-refractivity contribution is -0.116. The van der Waals surface area contributed by atoms with Crippen LogP contribution in [-0.2, 0) is 4.79 Å². The van der Waals surface area contributed by atoms with Crippen LogP contribution in [-0.4, -0.2) is 31.2 Å². The van der Waals surface area contributed by atoms with Gasteiger partial charge in [-0.1, -0.05) is 0 Å². The van der Waals surface area contributed by atoms with Crippen molar-refractivity contribution in [1.29, 1.82) is 0 Å². The van der Waals surface area contributed by atoms with Gasteiger partial charge in [-0.15, -0.1) is 0 Å². The molecule has 0 aliphatic heterocycles. The Morgan fingerprint density at radius 1 is 1.50 bits per heavy atom. The van der Waals surface area contributed by atoms with Gasteiger partial charge >= 0.3 is 0 Å². The second-order valence-corrected chi connectivity index (χ2v) is 5.25. The molecule has 0 saturated carbocycles. The van der Waals surface area contributed by atoms with Crippen molar-refractivity contribution in [3.05, 3.63) is 31.0 Å². The Labute approximate surface area is 117 Å². The highest BCUT2D eigenvalue weighted by Gasteiger charge is 2.15. The molecule has 0 saturated heterocycles. The summed E-state index contributed by atoms with van der Waals surface area (Å²) in [5.74, 6) is 0.434. The number of nitrogens with one attached hydrogen (secondary N) is 1. The van der Waals surface area contributed by atoms with E-state index in [4.69, 9.17) is 5.73 Å². The Bertz CT molecular complexity index is 573. The van der Waals surface area contributed by atoms with Gasteiger partial charge in [0, 0.05) is 18.2 Å². The van der Waals surface area contributed by atoms with Crippen molar-refractivity contribution < 1.29 is 4.79 Å². The molecule has 2 aromatic rings. The van der Waals surface area contributed by atoms with E-state index in [1.807, 2.05) is 13.8 Å². The van der Waals surface area contributed by atoms with Crippen LogP contribution in [0.2, 0.25) is 0 Å². The maximum atomic E-state index is 11.9. The minimum atomic E-state index is -0.360. The van der Waals surface area contributed by atoms with Crippen molar-refractivity contribution in [3.63, 3.8) is 0 Å². The van der Waals surface area contributed by atoms with Crippen LogP contribution in [0.1, 0.15) is 26.7 Å². The largest absolute Gasteiger partial charge is 0.326 e. The van der Waals surface area contributed by atoms with Gasteiger partial charge in [0.2, 0.25) is 5.91 Å². The SMILES string of the molecule is CC(C)(N)CCC(=O)Nc1cccnc1-n1cncn1. The molecule has 0 aliphatic carbocycles. The van der Waals surface area contributed by atoms with E-state index in [2.05, 4.69) is 20.4 Å². The number of hydrogen-bond acceptors (Lipinski definition) is 5. The second-order valence-electron chi connectivity index (χ2n) is 5.25. The van der Waals surface area contributed by atoms with E-state index >= 15 is 0 Å². The van der Waals surface area contributed by atoms with Gasteiger partial charge in [-0.25, -0.2) is 14.6 Å². The summed E-state index contributed by atoms with van der Waals surface area (Å²) in [6, 6.07) is 3.53. The number of pyridine rings is 1. The van der Waals surface area contributed by atoms with E-state index in [-0.39, 0.29) is 11.4 Å². The van der Waals surface area contributed by atoms with Crippen LogP contribution in [0.4, 0.5) is 5.69 Å². The second kappa shape index (κ2) is 5.79. The first-order valence-corrected chi connectivity index (χ1v) is 6.34. The zero-order chi connectivity index (χ0) is 14.6. The number of anilines is 1. The summed E-state index contributed by atoms with van der Waals surface area (Å²) in [4.78, 5) is 20.0. The molecule has 0 aliphatic rings. The minimum absolute atomic E-state index is 0.0992. The third-order valence-electron chi connectivity index (χ3n) is 2.69. The summed E-state index contributed by atoms with van der Waals surface area (Å²) >= 11 is 0. The van der Waals surface area contributed by atoms with E-state index < -0.39 is 0 Å². The van der Waals surface area contributed by atoms with Crippen molar-refractivity contribution in [1.82, 2.24) is 19.7 Å². The van der Waals surface area contributed by atoms with Crippen molar-refractivity contribution in [2.45, 2.75) is 32.2 Å². The molecule has 2 aromatic heterocycles. The van der Waals surface area contributed by atoms with Gasteiger partial charge < -0.3 is 11.1 Å². The smallest absolute Gasteiger partial charge is 0.224 e. The standard InChI is InChI=1S/C13H18N6O/c1-13(2,14)6-5-11(20)18-10-4-3-7-16-12(10)19-9-15-8-17-19/h3-4,7-9H,5-6,14H2,1-2H3,(H,18,20). The van der Waals surface area contributed by atoms with Crippen LogP contribution in [0.5, 0.6) is 0 Å². The average Bonchev–Trinajstić information content (AvgIpc) is 2.90. The first-order chi connectivity index (χ1) is 9.46. The third-order valence-corrected chi connectivity index (χ3v) is 2.69. The van der Waals surface area contributed by atoms with Crippen molar-refractivity contribution in [3.8, 4) is 5.82 Å². The Kier molecular flexibility index (Phi) is 4.09.